The summed E-state index contributed by atoms with van der Waals surface area (Å²) in [6.07, 6.45) is 5.73. The average molecular weight is 1290 g/mol. The summed E-state index contributed by atoms with van der Waals surface area (Å²) < 4.78 is 0. The van der Waals surface area contributed by atoms with Gasteiger partial charge in [0.25, 0.3) is 5.91 Å². The fraction of sp³-hybridized carbons (Fsp3) is 0.130. The quantitative estimate of drug-likeness (QED) is 0.0600. The minimum atomic E-state index is -1.30. The van der Waals surface area contributed by atoms with Crippen molar-refractivity contribution in [3.05, 3.63) is 263 Å². The second-order valence-electron chi connectivity index (χ2n) is 20.4. The van der Waals surface area contributed by atoms with Crippen LogP contribution in [0.25, 0.3) is 46.1 Å². The van der Waals surface area contributed by atoms with Gasteiger partial charge in [0.2, 0.25) is 41.5 Å². The van der Waals surface area contributed by atoms with Crippen LogP contribution in [-0.2, 0) is 32.0 Å². The van der Waals surface area contributed by atoms with Gasteiger partial charge in [-0.25, -0.2) is 19.9 Å². The summed E-state index contributed by atoms with van der Waals surface area (Å²) in [6.45, 7) is 8.78. The minimum absolute atomic E-state index is 0.0723. The molecule has 474 valence electrons. The number of carbonyl (C=O) groups excluding carboxylic acids is 4. The number of anilines is 4. The number of nitrogens with one attached hydrogen (secondary N) is 4. The van der Waals surface area contributed by atoms with Crippen molar-refractivity contribution in [2.24, 2.45) is 0 Å². The number of halogens is 1. The zero-order chi connectivity index (χ0) is 66.9. The highest BCUT2D eigenvalue weighted by molar-refractivity contribution is 6.31. The van der Waals surface area contributed by atoms with Gasteiger partial charge in [-0.05, 0) is 111 Å². The normalized spacial score (nSPS) is 11.1. The van der Waals surface area contributed by atoms with E-state index in [4.69, 9.17) is 11.6 Å². The van der Waals surface area contributed by atoms with E-state index in [1.54, 1.807) is 107 Å². The summed E-state index contributed by atoms with van der Waals surface area (Å²) in [5.41, 5.74) is 5.56. The molecule has 0 spiro atoms. The Morgan fingerprint density at radius 2 is 0.695 bits per heavy atom. The van der Waals surface area contributed by atoms with E-state index in [1.165, 1.54) is 0 Å². The molecule has 0 aliphatic rings. The van der Waals surface area contributed by atoms with Crippen molar-refractivity contribution in [3.8, 4) is 46.1 Å². The van der Waals surface area contributed by atoms with Crippen molar-refractivity contribution >= 4 is 59.0 Å². The van der Waals surface area contributed by atoms with E-state index in [0.29, 0.717) is 80.0 Å². The number of pyridine rings is 4. The van der Waals surface area contributed by atoms with Crippen LogP contribution in [0.3, 0.4) is 0 Å². The van der Waals surface area contributed by atoms with Gasteiger partial charge in [0.05, 0.1) is 18.8 Å². The maximum atomic E-state index is 12.4. The van der Waals surface area contributed by atoms with Gasteiger partial charge >= 0.3 is 0 Å². The summed E-state index contributed by atoms with van der Waals surface area (Å²) >= 11 is 6.07. The van der Waals surface area contributed by atoms with Crippen LogP contribution >= 0.6 is 11.6 Å². The van der Waals surface area contributed by atoms with Crippen molar-refractivity contribution < 1.29 is 24.3 Å². The minimum Gasteiger partial charge on any atom is -0.378 e. The smallest absolute Gasteiger partial charge is 0.260 e. The van der Waals surface area contributed by atoms with Gasteiger partial charge < -0.3 is 5.11 Å². The third-order valence-corrected chi connectivity index (χ3v) is 13.5. The highest BCUT2D eigenvalue weighted by Crippen LogP contribution is 2.22. The molecule has 8 aromatic heterocycles. The fourth-order valence-electron chi connectivity index (χ4n) is 8.60. The Morgan fingerprint density at radius 3 is 1.07 bits per heavy atom. The van der Waals surface area contributed by atoms with Gasteiger partial charge in [-0.15, -0.1) is 0 Å². The molecule has 0 aliphatic heterocycles. The van der Waals surface area contributed by atoms with Crippen LogP contribution in [0.4, 0.5) is 23.8 Å². The van der Waals surface area contributed by atoms with Crippen LogP contribution in [0.2, 0.25) is 5.02 Å². The molecule has 25 nitrogen and oxygen atoms in total. The molecule has 95 heavy (non-hydrogen) atoms. The van der Waals surface area contributed by atoms with Crippen molar-refractivity contribution in [1.82, 2.24) is 79.7 Å². The van der Waals surface area contributed by atoms with Crippen LogP contribution < -0.4 is 21.3 Å². The number of aromatic nitrogens is 16. The first-order valence-electron chi connectivity index (χ1n) is 29.4. The Morgan fingerprint density at radius 1 is 0.368 bits per heavy atom. The summed E-state index contributed by atoms with van der Waals surface area (Å²) in [5.74, 6) is 2.85. The molecule has 4 aromatic carbocycles. The maximum Gasteiger partial charge on any atom is 0.260 e. The predicted molar refractivity (Wildman–Crippen MR) is 357 cm³/mol. The van der Waals surface area contributed by atoms with Crippen LogP contribution in [0.5, 0.6) is 0 Å². The number of amides is 4. The molecule has 0 fully saturated rings. The number of benzene rings is 4. The second-order valence-corrected chi connectivity index (χ2v) is 20.8. The van der Waals surface area contributed by atoms with Crippen molar-refractivity contribution in [1.29, 1.82) is 0 Å². The number of hydrogen-bond acceptors (Lipinski definition) is 21. The van der Waals surface area contributed by atoms with Gasteiger partial charge in [0.15, 0.2) is 29.4 Å². The highest BCUT2D eigenvalue weighted by atomic mass is 35.5. The molecule has 2 atom stereocenters. The maximum absolute atomic E-state index is 12.4. The van der Waals surface area contributed by atoms with Gasteiger partial charge in [-0.1, -0.05) is 145 Å². The van der Waals surface area contributed by atoms with Gasteiger partial charge in [0.1, 0.15) is 46.1 Å². The van der Waals surface area contributed by atoms with Gasteiger partial charge in [-0.2, -0.15) is 39.9 Å². The molecule has 0 aliphatic carbocycles. The largest absolute Gasteiger partial charge is 0.378 e. The Kier molecular flexibility index (Phi) is 23.7. The van der Waals surface area contributed by atoms with E-state index >= 15 is 0 Å². The van der Waals surface area contributed by atoms with Crippen LogP contribution in [0.1, 0.15) is 64.5 Å². The van der Waals surface area contributed by atoms with Crippen LogP contribution in [-0.4, -0.2) is 108 Å². The molecule has 0 radical (unpaired) electrons. The predicted octanol–water partition coefficient (Wildman–Crippen LogP) is 10.4. The monoisotopic (exact) mass is 1280 g/mol. The summed E-state index contributed by atoms with van der Waals surface area (Å²) in [4.78, 5) is 116. The first-order valence-corrected chi connectivity index (χ1v) is 29.8. The molecule has 26 heteroatoms. The number of aliphatic hydroxyl groups excluding tert-OH is 1. The van der Waals surface area contributed by atoms with E-state index in [0.717, 1.165) is 16.7 Å². The van der Waals surface area contributed by atoms with Crippen LogP contribution in [0, 0.1) is 27.7 Å². The lowest BCUT2D eigenvalue weighted by Gasteiger charge is -2.12. The molecule has 5 N–H and O–H groups in total. The standard InChI is InChI=1S/C18H17N5O.C17H14ClN5O.C17H15N5O2.C17H15N5O/c1-12(14-8-4-3-5-9-14)17(24)23-18-21-13(2)20-16(22-18)15-10-6-7-11-19-15;1-11-20-16(14-8-4-5-9-19-14)23-17(21-11)22-15(24)10-12-6-2-3-7-13(12)18;1-11-19-15(13-9-5-6-10-18-13)21-17(20-11)22-16(24)14(23)12-7-3-2-4-8-12;1-12-19-16(14-9-5-6-10-18-14)22-17(20-12)21-15(23)11-13-7-3-2-4-8-13/h3-12H,1-2H3,(H,20,21,22,23,24);2-9H,10H2,1H3,(H,20,21,22,23,24);2-10,14,23H,1H3,(H,19,20,21,22,24);2-10H,11H2,1H3,(H,19,20,21,22,23). The lowest BCUT2D eigenvalue weighted by Crippen LogP contribution is -2.22. The third-order valence-electron chi connectivity index (χ3n) is 13.1. The van der Waals surface area contributed by atoms with E-state index in [2.05, 4.69) is 101 Å². The molecule has 12 rings (SSSR count). The number of nitrogens with zero attached hydrogens (tertiary/aromatic N) is 16. The topological polar surface area (TPSA) is 343 Å². The summed E-state index contributed by atoms with van der Waals surface area (Å²) in [5, 5.41) is 21.3. The Bertz CT molecular complexity index is 4360. The lowest BCUT2D eigenvalue weighted by atomic mass is 10.0. The Balaban J connectivity index is 0.000000149. The molecule has 4 amide bonds. The van der Waals surface area contributed by atoms with Crippen molar-refractivity contribution in [2.75, 3.05) is 21.3 Å². The summed E-state index contributed by atoms with van der Waals surface area (Å²) in [7, 11) is 0. The molecular formula is C69H61ClN20O5. The number of aryl methyl sites for hydroxylation is 4. The molecule has 12 aromatic rings. The Labute approximate surface area is 550 Å². The molecular weight excluding hydrogens is 1220 g/mol. The highest BCUT2D eigenvalue weighted by Gasteiger charge is 2.21. The number of hydrogen-bond donors (Lipinski definition) is 5. The summed E-state index contributed by atoms with van der Waals surface area (Å²) in [6, 6.07) is 56.7. The molecule has 2 unspecified atom stereocenters. The zero-order valence-corrected chi connectivity index (χ0v) is 52.6. The zero-order valence-electron chi connectivity index (χ0n) is 51.9. The fourth-order valence-corrected chi connectivity index (χ4v) is 8.80. The first kappa shape index (κ1) is 67.1. The molecule has 0 saturated heterocycles. The number of carbonyl (C=O) groups is 4. The van der Waals surface area contributed by atoms with Gasteiger partial charge in [0, 0.05) is 29.8 Å². The van der Waals surface area contributed by atoms with Crippen molar-refractivity contribution in [2.45, 2.75) is 59.5 Å². The molecule has 0 saturated carbocycles. The van der Waals surface area contributed by atoms with E-state index in [1.807, 2.05) is 140 Å². The molecule has 0 bridgehead atoms. The third kappa shape index (κ3) is 20.6. The molecule has 8 heterocycles. The average Bonchev–Trinajstić information content (AvgIpc) is 1.02. The van der Waals surface area contributed by atoms with Crippen LogP contribution in [0.15, 0.2) is 213 Å². The number of rotatable bonds is 16. The van der Waals surface area contributed by atoms with Gasteiger partial charge in [-0.3, -0.25) is 60.4 Å². The van der Waals surface area contributed by atoms with E-state index in [9.17, 15) is 24.3 Å². The lowest BCUT2D eigenvalue weighted by molar-refractivity contribution is -0.124. The Hall–Kier alpha value is -12.4. The first-order chi connectivity index (χ1) is 46.1. The number of aliphatic hydroxyl groups is 1. The van der Waals surface area contributed by atoms with E-state index in [-0.39, 0.29) is 60.3 Å². The SMILES string of the molecule is Cc1nc(NC(=O)C(C)c2ccccc2)nc(-c2ccccn2)n1.Cc1nc(NC(=O)C(O)c2ccccc2)nc(-c2ccccn2)n1.Cc1nc(NC(=O)Cc2ccccc2)nc(-c2ccccn2)n1.Cc1nc(NC(=O)Cc2ccccc2Cl)nc(-c2ccccn2)n1. The second kappa shape index (κ2) is 33.6. The van der Waals surface area contributed by atoms with Crippen molar-refractivity contribution in [3.63, 3.8) is 0 Å². The van der Waals surface area contributed by atoms with E-state index < -0.39 is 12.0 Å².